The summed E-state index contributed by atoms with van der Waals surface area (Å²) in [4.78, 5) is 21.6. The number of hydrogen-bond donors (Lipinski definition) is 3. The van der Waals surface area contributed by atoms with Gasteiger partial charge in [0.25, 0.3) is 0 Å². The van der Waals surface area contributed by atoms with Gasteiger partial charge in [0.05, 0.1) is 0 Å². The summed E-state index contributed by atoms with van der Waals surface area (Å²) in [5, 5.41) is 26.8. The van der Waals surface area contributed by atoms with Crippen molar-refractivity contribution < 1.29 is 29.6 Å². The lowest BCUT2D eigenvalue weighted by atomic mass is 9.89. The number of carbonyl (C=O) groups is 2. The number of aliphatic hydroxyl groups is 2. The van der Waals surface area contributed by atoms with Gasteiger partial charge in [-0.2, -0.15) is 0 Å². The first kappa shape index (κ1) is 23.1. The number of carboxylic acid groups (broad SMARTS) is 1. The highest BCUT2D eigenvalue weighted by Gasteiger charge is 2.30. The summed E-state index contributed by atoms with van der Waals surface area (Å²) in [5.74, 6) is -1.74. The van der Waals surface area contributed by atoms with E-state index in [1.807, 2.05) is 30.3 Å². The summed E-state index contributed by atoms with van der Waals surface area (Å²) in [6, 6.07) is 9.40. The van der Waals surface area contributed by atoms with Crippen LogP contribution in [0.1, 0.15) is 47.1 Å². The summed E-state index contributed by atoms with van der Waals surface area (Å²) >= 11 is 0. The zero-order valence-electron chi connectivity index (χ0n) is 15.8. The molecule has 0 unspecified atom stereocenters. The number of aliphatic carboxylic acids is 1. The molecule has 0 saturated carbocycles. The number of rotatable bonds is 4. The van der Waals surface area contributed by atoms with E-state index in [-0.39, 0.29) is 6.61 Å². The highest BCUT2D eigenvalue weighted by atomic mass is 16.5. The Morgan fingerprint density at radius 2 is 1.36 bits per heavy atom. The number of carbonyl (C=O) groups excluding carboxylic acids is 1. The van der Waals surface area contributed by atoms with Crippen LogP contribution in [0.15, 0.2) is 30.3 Å². The first-order chi connectivity index (χ1) is 11.3. The smallest absolute Gasteiger partial charge is 0.335 e. The van der Waals surface area contributed by atoms with Gasteiger partial charge in [-0.1, -0.05) is 71.9 Å². The lowest BCUT2D eigenvalue weighted by molar-refractivity contribution is -0.160. The summed E-state index contributed by atoms with van der Waals surface area (Å²) in [7, 11) is 0. The van der Waals surface area contributed by atoms with Crippen molar-refractivity contribution in [3.05, 3.63) is 35.9 Å². The molecule has 1 aromatic rings. The number of aliphatic hydroxyl groups excluding tert-OH is 2. The van der Waals surface area contributed by atoms with Crippen LogP contribution in [-0.2, 0) is 20.9 Å². The second-order valence-electron chi connectivity index (χ2n) is 7.97. The first-order valence-corrected chi connectivity index (χ1v) is 8.06. The highest BCUT2D eigenvalue weighted by Crippen LogP contribution is 2.20. The molecule has 0 amide bonds. The second kappa shape index (κ2) is 9.53. The molecule has 142 valence electrons. The first-order valence-electron chi connectivity index (χ1n) is 8.06. The molecule has 0 radical (unpaired) electrons. The topological polar surface area (TPSA) is 104 Å². The molecule has 1 aromatic carbocycles. The maximum atomic E-state index is 11.5. The van der Waals surface area contributed by atoms with Crippen molar-refractivity contribution in [1.82, 2.24) is 0 Å². The molecule has 0 fully saturated rings. The van der Waals surface area contributed by atoms with E-state index in [1.165, 1.54) is 0 Å². The summed E-state index contributed by atoms with van der Waals surface area (Å²) in [5.41, 5.74) is -0.142. The van der Waals surface area contributed by atoms with Crippen LogP contribution in [0, 0.1) is 10.8 Å². The largest absolute Gasteiger partial charge is 0.479 e. The molecule has 0 aliphatic rings. The fourth-order valence-corrected chi connectivity index (χ4v) is 1.53. The summed E-state index contributed by atoms with van der Waals surface area (Å²) in [6.45, 7) is 10.6. The molecule has 6 nitrogen and oxygen atoms in total. The van der Waals surface area contributed by atoms with Crippen LogP contribution in [0.2, 0.25) is 0 Å². The molecule has 2 atom stereocenters. The van der Waals surface area contributed by atoms with Gasteiger partial charge in [-0.05, 0) is 16.4 Å². The maximum Gasteiger partial charge on any atom is 0.335 e. The fourth-order valence-electron chi connectivity index (χ4n) is 1.53. The van der Waals surface area contributed by atoms with Crippen LogP contribution < -0.4 is 0 Å². The Bertz CT molecular complexity index is 539. The molecule has 0 heterocycles. The normalized spacial score (nSPS) is 13.9. The molecule has 0 aliphatic carbocycles. The maximum absolute atomic E-state index is 11.5. The Morgan fingerprint density at radius 1 is 0.920 bits per heavy atom. The van der Waals surface area contributed by atoms with Gasteiger partial charge >= 0.3 is 11.9 Å². The predicted octanol–water partition coefficient (Wildman–Crippen LogP) is 2.61. The number of hydrogen-bond acceptors (Lipinski definition) is 5. The third-order valence-corrected chi connectivity index (χ3v) is 3.32. The van der Waals surface area contributed by atoms with Gasteiger partial charge in [0, 0.05) is 0 Å². The van der Waals surface area contributed by atoms with E-state index in [1.54, 1.807) is 41.5 Å². The Labute approximate surface area is 149 Å². The Kier molecular flexibility index (Phi) is 8.80. The monoisotopic (exact) mass is 354 g/mol. The molecule has 0 aromatic heterocycles. The van der Waals surface area contributed by atoms with E-state index in [0.717, 1.165) is 5.56 Å². The third kappa shape index (κ3) is 9.22. The summed E-state index contributed by atoms with van der Waals surface area (Å²) in [6.07, 6.45) is -2.35. The van der Waals surface area contributed by atoms with Crippen molar-refractivity contribution in [2.24, 2.45) is 10.8 Å². The second-order valence-corrected chi connectivity index (χ2v) is 7.97. The molecular weight excluding hydrogens is 324 g/mol. The van der Waals surface area contributed by atoms with Crippen LogP contribution in [0.4, 0.5) is 0 Å². The van der Waals surface area contributed by atoms with Crippen molar-refractivity contribution >= 4 is 11.9 Å². The standard InChI is InChI=1S/C13H18O3.C6H12O3/c1-13(2,3)11(14)12(15)16-9-10-7-5-4-6-8-10;1-6(2,3)4(7)5(8)9/h4-8,11,14H,9H2,1-3H3;4,7H,1-3H3,(H,8,9)/t11-;4-/m11/s1. The Hall–Kier alpha value is -1.92. The quantitative estimate of drug-likeness (QED) is 0.718. The molecule has 0 bridgehead atoms. The van der Waals surface area contributed by atoms with Crippen LogP contribution >= 0.6 is 0 Å². The molecule has 25 heavy (non-hydrogen) atoms. The predicted molar refractivity (Wildman–Crippen MR) is 94.8 cm³/mol. The molecule has 0 aliphatic heterocycles. The minimum absolute atomic E-state index is 0.201. The van der Waals surface area contributed by atoms with Crippen LogP contribution in [0.5, 0.6) is 0 Å². The van der Waals surface area contributed by atoms with E-state index in [9.17, 15) is 14.7 Å². The average Bonchev–Trinajstić information content (AvgIpc) is 2.50. The van der Waals surface area contributed by atoms with Crippen molar-refractivity contribution in [1.29, 1.82) is 0 Å². The van der Waals surface area contributed by atoms with E-state index in [2.05, 4.69) is 0 Å². The van der Waals surface area contributed by atoms with Crippen LogP contribution in [0.25, 0.3) is 0 Å². The van der Waals surface area contributed by atoms with Gasteiger partial charge < -0.3 is 20.1 Å². The molecule has 0 spiro atoms. The Balaban J connectivity index is 0.000000547. The summed E-state index contributed by atoms with van der Waals surface area (Å²) < 4.78 is 5.03. The van der Waals surface area contributed by atoms with Crippen molar-refractivity contribution in [3.63, 3.8) is 0 Å². The number of esters is 1. The van der Waals surface area contributed by atoms with Crippen molar-refractivity contribution in [2.75, 3.05) is 0 Å². The minimum Gasteiger partial charge on any atom is -0.479 e. The lowest BCUT2D eigenvalue weighted by Crippen LogP contribution is -2.35. The van der Waals surface area contributed by atoms with E-state index < -0.39 is 35.0 Å². The van der Waals surface area contributed by atoms with Crippen molar-refractivity contribution in [2.45, 2.75) is 60.4 Å². The molecule has 3 N–H and O–H groups in total. The SMILES string of the molecule is CC(C)(C)[C@H](O)C(=O)O.CC(C)(C)[C@H](O)C(=O)OCc1ccccc1. The molecule has 1 rings (SSSR count). The Morgan fingerprint density at radius 3 is 1.68 bits per heavy atom. The molecule has 6 heteroatoms. The minimum atomic E-state index is -1.27. The van der Waals surface area contributed by atoms with E-state index in [0.29, 0.717) is 0 Å². The zero-order valence-corrected chi connectivity index (χ0v) is 15.8. The highest BCUT2D eigenvalue weighted by molar-refractivity contribution is 5.75. The van der Waals surface area contributed by atoms with Gasteiger partial charge in [-0.3, -0.25) is 0 Å². The number of carboxylic acids is 1. The third-order valence-electron chi connectivity index (χ3n) is 3.32. The van der Waals surface area contributed by atoms with Crippen LogP contribution in [0.3, 0.4) is 0 Å². The van der Waals surface area contributed by atoms with Gasteiger partial charge in [0.1, 0.15) is 6.61 Å². The van der Waals surface area contributed by atoms with E-state index >= 15 is 0 Å². The lowest BCUT2D eigenvalue weighted by Gasteiger charge is -2.23. The number of ether oxygens (including phenoxy) is 1. The van der Waals surface area contributed by atoms with Gasteiger partial charge in [0.2, 0.25) is 0 Å². The van der Waals surface area contributed by atoms with Gasteiger partial charge in [-0.25, -0.2) is 9.59 Å². The van der Waals surface area contributed by atoms with Crippen LogP contribution in [-0.4, -0.2) is 39.5 Å². The number of benzene rings is 1. The van der Waals surface area contributed by atoms with Gasteiger partial charge in [-0.15, -0.1) is 0 Å². The molecule has 0 saturated heterocycles. The fraction of sp³-hybridized carbons (Fsp3) is 0.579. The van der Waals surface area contributed by atoms with E-state index in [4.69, 9.17) is 14.9 Å². The van der Waals surface area contributed by atoms with Gasteiger partial charge in [0.15, 0.2) is 12.2 Å². The van der Waals surface area contributed by atoms with Crippen molar-refractivity contribution in [3.8, 4) is 0 Å². The average molecular weight is 354 g/mol. The zero-order chi connectivity index (χ0) is 19.8. The molecular formula is C19H30O6.